The van der Waals surface area contributed by atoms with Gasteiger partial charge in [0, 0.05) is 31.4 Å². The first-order valence-corrected chi connectivity index (χ1v) is 5.84. The topological polar surface area (TPSA) is 70.3 Å². The van der Waals surface area contributed by atoms with Crippen LogP contribution in [0.5, 0.6) is 11.5 Å². The summed E-state index contributed by atoms with van der Waals surface area (Å²) in [6.45, 7) is 1.39. The van der Waals surface area contributed by atoms with Crippen LogP contribution in [-0.2, 0) is 20.0 Å². The summed E-state index contributed by atoms with van der Waals surface area (Å²) in [6, 6.07) is 4.62. The number of nitrogens with zero attached hydrogens (tertiary/aromatic N) is 2. The van der Waals surface area contributed by atoms with Crippen LogP contribution >= 0.6 is 0 Å². The fourth-order valence-corrected chi connectivity index (χ4v) is 1.76. The van der Waals surface area contributed by atoms with Gasteiger partial charge in [0.05, 0.1) is 6.20 Å². The third kappa shape index (κ3) is 3.24. The predicted octanol–water partition coefficient (Wildman–Crippen LogP) is 1.16. The van der Waals surface area contributed by atoms with Gasteiger partial charge in [0.25, 0.3) is 0 Å². The van der Waals surface area contributed by atoms with E-state index < -0.39 is 0 Å². The molecule has 0 spiro atoms. The van der Waals surface area contributed by atoms with E-state index in [1.807, 2.05) is 19.4 Å². The summed E-state index contributed by atoms with van der Waals surface area (Å²) < 4.78 is 1.78. The molecule has 0 saturated heterocycles. The molecule has 0 aliphatic rings. The van der Waals surface area contributed by atoms with Gasteiger partial charge in [0.15, 0.2) is 0 Å². The molecule has 0 radical (unpaired) electrons. The Morgan fingerprint density at radius 3 is 2.83 bits per heavy atom. The van der Waals surface area contributed by atoms with Crippen LogP contribution in [-0.4, -0.2) is 26.5 Å². The average molecular weight is 247 g/mol. The van der Waals surface area contributed by atoms with Crippen molar-refractivity contribution in [3.8, 4) is 11.5 Å². The zero-order valence-electron chi connectivity index (χ0n) is 10.3. The lowest BCUT2D eigenvalue weighted by atomic mass is 10.2. The molecule has 5 nitrogen and oxygen atoms in total. The lowest BCUT2D eigenvalue weighted by molar-refractivity contribution is 0.444. The van der Waals surface area contributed by atoms with Crippen molar-refractivity contribution in [2.75, 3.05) is 6.54 Å². The van der Waals surface area contributed by atoms with Crippen LogP contribution in [0.15, 0.2) is 30.6 Å². The second-order valence-electron chi connectivity index (χ2n) is 4.26. The van der Waals surface area contributed by atoms with Gasteiger partial charge in [-0.2, -0.15) is 5.10 Å². The first-order chi connectivity index (χ1) is 8.65. The second-order valence-corrected chi connectivity index (χ2v) is 4.26. The molecule has 0 bridgehead atoms. The summed E-state index contributed by atoms with van der Waals surface area (Å²) in [5, 5.41) is 26.1. The summed E-state index contributed by atoms with van der Waals surface area (Å²) in [7, 11) is 1.89. The van der Waals surface area contributed by atoms with Crippen LogP contribution < -0.4 is 5.32 Å². The highest BCUT2D eigenvalue weighted by molar-refractivity contribution is 5.38. The molecule has 1 aromatic carbocycles. The molecule has 0 aliphatic heterocycles. The average Bonchev–Trinajstić information content (AvgIpc) is 2.73. The molecule has 1 heterocycles. The van der Waals surface area contributed by atoms with E-state index in [0.29, 0.717) is 6.54 Å². The molecule has 0 aliphatic carbocycles. The van der Waals surface area contributed by atoms with Crippen molar-refractivity contribution < 1.29 is 10.2 Å². The number of rotatable bonds is 5. The molecule has 1 aromatic heterocycles. The lowest BCUT2D eigenvalue weighted by Gasteiger charge is -2.06. The quantitative estimate of drug-likeness (QED) is 0.693. The maximum Gasteiger partial charge on any atom is 0.123 e. The fraction of sp³-hybridized carbons (Fsp3) is 0.308. The monoisotopic (exact) mass is 247 g/mol. The van der Waals surface area contributed by atoms with Crippen molar-refractivity contribution in [3.05, 3.63) is 41.7 Å². The summed E-state index contributed by atoms with van der Waals surface area (Å²) in [4.78, 5) is 0. The minimum atomic E-state index is 0.0756. The van der Waals surface area contributed by atoms with E-state index in [9.17, 15) is 10.2 Å². The van der Waals surface area contributed by atoms with Crippen molar-refractivity contribution in [1.82, 2.24) is 15.1 Å². The van der Waals surface area contributed by atoms with E-state index in [2.05, 4.69) is 10.4 Å². The number of aromatic nitrogens is 2. The van der Waals surface area contributed by atoms with Gasteiger partial charge in [-0.05, 0) is 24.6 Å². The van der Waals surface area contributed by atoms with Gasteiger partial charge in [-0.15, -0.1) is 0 Å². The Bertz CT molecular complexity index is 523. The molecule has 5 heteroatoms. The van der Waals surface area contributed by atoms with E-state index in [4.69, 9.17) is 0 Å². The van der Waals surface area contributed by atoms with Gasteiger partial charge in [0.1, 0.15) is 11.5 Å². The molecule has 0 saturated carbocycles. The van der Waals surface area contributed by atoms with E-state index in [1.165, 1.54) is 11.6 Å². The summed E-state index contributed by atoms with van der Waals surface area (Å²) in [5.41, 5.74) is 1.96. The van der Waals surface area contributed by atoms with Gasteiger partial charge in [-0.1, -0.05) is 6.07 Å². The first-order valence-electron chi connectivity index (χ1n) is 5.84. The van der Waals surface area contributed by atoms with Crippen LogP contribution in [0.4, 0.5) is 0 Å². The van der Waals surface area contributed by atoms with Crippen LogP contribution in [0.1, 0.15) is 11.1 Å². The Morgan fingerprint density at radius 2 is 2.17 bits per heavy atom. The van der Waals surface area contributed by atoms with Crippen LogP contribution in [0.3, 0.4) is 0 Å². The molecule has 0 amide bonds. The molecule has 3 N–H and O–H groups in total. The minimum absolute atomic E-state index is 0.0756. The second kappa shape index (κ2) is 5.55. The van der Waals surface area contributed by atoms with Gasteiger partial charge < -0.3 is 15.5 Å². The molecule has 0 unspecified atom stereocenters. The maximum atomic E-state index is 9.60. The third-order valence-corrected chi connectivity index (χ3v) is 2.73. The number of benzene rings is 1. The van der Waals surface area contributed by atoms with E-state index in [0.717, 1.165) is 18.5 Å². The number of hydrogen-bond donors (Lipinski definition) is 3. The van der Waals surface area contributed by atoms with Crippen LogP contribution in [0.2, 0.25) is 0 Å². The van der Waals surface area contributed by atoms with Crippen molar-refractivity contribution in [3.63, 3.8) is 0 Å². The van der Waals surface area contributed by atoms with Crippen molar-refractivity contribution in [1.29, 1.82) is 0 Å². The van der Waals surface area contributed by atoms with Crippen molar-refractivity contribution in [2.24, 2.45) is 7.05 Å². The molecule has 0 fully saturated rings. The predicted molar refractivity (Wildman–Crippen MR) is 68.4 cm³/mol. The summed E-state index contributed by atoms with van der Waals surface area (Å²) in [5.74, 6) is 0.190. The van der Waals surface area contributed by atoms with E-state index in [-0.39, 0.29) is 11.5 Å². The minimum Gasteiger partial charge on any atom is -0.508 e. The molecule has 2 rings (SSSR count). The molecular formula is C13H17N3O2. The van der Waals surface area contributed by atoms with Gasteiger partial charge >= 0.3 is 0 Å². The van der Waals surface area contributed by atoms with E-state index in [1.54, 1.807) is 16.8 Å². The molecule has 18 heavy (non-hydrogen) atoms. The Labute approximate surface area is 106 Å². The van der Waals surface area contributed by atoms with Crippen LogP contribution in [0.25, 0.3) is 0 Å². The summed E-state index contributed by atoms with van der Waals surface area (Å²) >= 11 is 0. The number of hydrogen-bond acceptors (Lipinski definition) is 4. The van der Waals surface area contributed by atoms with Gasteiger partial charge in [-0.3, -0.25) is 4.68 Å². The van der Waals surface area contributed by atoms with Crippen molar-refractivity contribution in [2.45, 2.75) is 13.0 Å². The molecule has 96 valence electrons. The number of phenols is 2. The number of nitrogens with one attached hydrogen (secondary N) is 1. The Hall–Kier alpha value is -2.01. The SMILES string of the molecule is Cn1cc(CCNCc2ccc(O)cc2O)cn1. The van der Waals surface area contributed by atoms with Gasteiger partial charge in [-0.25, -0.2) is 0 Å². The summed E-state index contributed by atoms with van der Waals surface area (Å²) in [6.07, 6.45) is 4.73. The number of aryl methyl sites for hydroxylation is 1. The zero-order chi connectivity index (χ0) is 13.0. The maximum absolute atomic E-state index is 9.60. The number of aromatic hydroxyl groups is 2. The Balaban J connectivity index is 1.78. The number of phenolic OH excluding ortho intramolecular Hbond substituents is 2. The zero-order valence-corrected chi connectivity index (χ0v) is 10.3. The van der Waals surface area contributed by atoms with Crippen LogP contribution in [0, 0.1) is 0 Å². The molecular weight excluding hydrogens is 230 g/mol. The third-order valence-electron chi connectivity index (χ3n) is 2.73. The highest BCUT2D eigenvalue weighted by Gasteiger charge is 2.02. The highest BCUT2D eigenvalue weighted by atomic mass is 16.3. The largest absolute Gasteiger partial charge is 0.508 e. The Kier molecular flexibility index (Phi) is 3.84. The van der Waals surface area contributed by atoms with E-state index >= 15 is 0 Å². The lowest BCUT2D eigenvalue weighted by Crippen LogP contribution is -2.16. The smallest absolute Gasteiger partial charge is 0.123 e. The van der Waals surface area contributed by atoms with Crippen molar-refractivity contribution >= 4 is 0 Å². The Morgan fingerprint density at radius 1 is 1.33 bits per heavy atom. The normalized spacial score (nSPS) is 10.7. The fourth-order valence-electron chi connectivity index (χ4n) is 1.76. The molecule has 2 aromatic rings. The van der Waals surface area contributed by atoms with Gasteiger partial charge in [0.2, 0.25) is 0 Å². The first kappa shape index (κ1) is 12.4. The standard InChI is InChI=1S/C13H17N3O2/c1-16-9-10(7-15-16)4-5-14-8-11-2-3-12(17)6-13(11)18/h2-3,6-7,9,14,17-18H,4-5,8H2,1H3. The highest BCUT2D eigenvalue weighted by Crippen LogP contribution is 2.22. The molecule has 0 atom stereocenters.